The van der Waals surface area contributed by atoms with E-state index in [-0.39, 0.29) is 11.7 Å². The Bertz CT molecular complexity index is 381. The third-order valence-electron chi connectivity index (χ3n) is 2.28. The fourth-order valence-electron chi connectivity index (χ4n) is 1.39. The van der Waals surface area contributed by atoms with E-state index in [0.717, 1.165) is 5.56 Å². The lowest BCUT2D eigenvalue weighted by atomic mass is 10.0. The quantitative estimate of drug-likeness (QED) is 0.816. The highest BCUT2D eigenvalue weighted by molar-refractivity contribution is 6.28. The molecule has 0 heterocycles. The standard InChI is InChI=1S/C12H14ClNO3/c1-17-12(16)14-10(11(15)8-13)7-9-5-3-2-4-6-9/h2-6,10H,7-8H2,1H3,(H,14,16)/t10-/m1/s1. The molecule has 1 rings (SSSR count). The molecule has 1 amide bonds. The van der Waals surface area contributed by atoms with Crippen LogP contribution in [0, 0.1) is 0 Å². The SMILES string of the molecule is COC(=O)N[C@H](Cc1ccccc1)C(=O)CCl. The molecule has 0 fully saturated rings. The first kappa shape index (κ1) is 13.5. The molecule has 1 N–H and O–H groups in total. The number of benzene rings is 1. The zero-order valence-corrected chi connectivity index (χ0v) is 10.2. The first-order valence-corrected chi connectivity index (χ1v) is 5.68. The van der Waals surface area contributed by atoms with Crippen LogP contribution < -0.4 is 5.32 Å². The van der Waals surface area contributed by atoms with Crippen LogP contribution >= 0.6 is 11.6 Å². The van der Waals surface area contributed by atoms with Crippen LogP contribution in [0.4, 0.5) is 4.79 Å². The molecular formula is C12H14ClNO3. The Morgan fingerprint density at radius 3 is 2.53 bits per heavy atom. The number of nitrogens with one attached hydrogen (secondary N) is 1. The first-order chi connectivity index (χ1) is 8.17. The van der Waals surface area contributed by atoms with Crippen molar-refractivity contribution in [1.29, 1.82) is 0 Å². The molecule has 0 aliphatic rings. The number of hydrogen-bond acceptors (Lipinski definition) is 3. The number of hydrogen-bond donors (Lipinski definition) is 1. The van der Waals surface area contributed by atoms with Gasteiger partial charge in [0.2, 0.25) is 0 Å². The largest absolute Gasteiger partial charge is 0.453 e. The van der Waals surface area contributed by atoms with Gasteiger partial charge in [-0.05, 0) is 12.0 Å². The van der Waals surface area contributed by atoms with E-state index in [9.17, 15) is 9.59 Å². The summed E-state index contributed by atoms with van der Waals surface area (Å²) in [7, 11) is 1.25. The number of alkyl halides is 1. The van der Waals surface area contributed by atoms with Gasteiger partial charge < -0.3 is 10.1 Å². The second kappa shape index (κ2) is 6.91. The van der Waals surface area contributed by atoms with Crippen molar-refractivity contribution in [1.82, 2.24) is 5.32 Å². The van der Waals surface area contributed by atoms with Crippen LogP contribution in [0.15, 0.2) is 30.3 Å². The minimum absolute atomic E-state index is 0.137. The van der Waals surface area contributed by atoms with Crippen LogP contribution in [-0.4, -0.2) is 30.9 Å². The van der Waals surface area contributed by atoms with E-state index in [0.29, 0.717) is 6.42 Å². The molecule has 0 saturated heterocycles. The molecule has 0 aliphatic carbocycles. The first-order valence-electron chi connectivity index (χ1n) is 5.14. The molecule has 0 unspecified atom stereocenters. The van der Waals surface area contributed by atoms with Crippen molar-refractivity contribution in [3.8, 4) is 0 Å². The minimum Gasteiger partial charge on any atom is -0.453 e. The van der Waals surface area contributed by atoms with Crippen LogP contribution in [-0.2, 0) is 16.0 Å². The Labute approximate surface area is 105 Å². The number of alkyl carbamates (subject to hydrolysis) is 1. The van der Waals surface area contributed by atoms with E-state index in [4.69, 9.17) is 11.6 Å². The van der Waals surface area contributed by atoms with Gasteiger partial charge in [-0.25, -0.2) is 4.79 Å². The number of Topliss-reactive ketones (excluding diaryl/α,β-unsaturated/α-hetero) is 1. The fraction of sp³-hybridized carbons (Fsp3) is 0.333. The van der Waals surface area contributed by atoms with Gasteiger partial charge in [0.25, 0.3) is 0 Å². The monoisotopic (exact) mass is 255 g/mol. The summed E-state index contributed by atoms with van der Waals surface area (Å²) in [4.78, 5) is 22.7. The molecule has 0 bridgehead atoms. The Hall–Kier alpha value is -1.55. The summed E-state index contributed by atoms with van der Waals surface area (Å²) in [5, 5.41) is 2.47. The van der Waals surface area contributed by atoms with Crippen LogP contribution in [0.2, 0.25) is 0 Å². The van der Waals surface area contributed by atoms with Crippen LogP contribution in [0.5, 0.6) is 0 Å². The normalized spacial score (nSPS) is 11.6. The minimum atomic E-state index is -0.651. The summed E-state index contributed by atoms with van der Waals surface area (Å²) in [6, 6.07) is 8.74. The van der Waals surface area contributed by atoms with Gasteiger partial charge in [-0.15, -0.1) is 11.6 Å². The molecule has 0 spiro atoms. The predicted molar refractivity (Wildman–Crippen MR) is 65.2 cm³/mol. The van der Waals surface area contributed by atoms with Gasteiger partial charge in [0.15, 0.2) is 5.78 Å². The third-order valence-corrected chi connectivity index (χ3v) is 2.54. The molecule has 92 valence electrons. The summed E-state index contributed by atoms with van der Waals surface area (Å²) in [5.74, 6) is -0.373. The van der Waals surface area contributed by atoms with Crippen molar-refractivity contribution >= 4 is 23.5 Å². The third kappa shape index (κ3) is 4.44. The molecule has 1 aromatic carbocycles. The van der Waals surface area contributed by atoms with Crippen molar-refractivity contribution in [3.05, 3.63) is 35.9 Å². The molecule has 1 atom stereocenters. The van der Waals surface area contributed by atoms with Gasteiger partial charge in [-0.1, -0.05) is 30.3 Å². The second-order valence-electron chi connectivity index (χ2n) is 3.48. The second-order valence-corrected chi connectivity index (χ2v) is 3.75. The highest BCUT2D eigenvalue weighted by Gasteiger charge is 2.20. The molecule has 1 aromatic rings. The lowest BCUT2D eigenvalue weighted by Crippen LogP contribution is -2.43. The molecule has 0 radical (unpaired) electrons. The maximum absolute atomic E-state index is 11.6. The van der Waals surface area contributed by atoms with E-state index >= 15 is 0 Å². The van der Waals surface area contributed by atoms with E-state index < -0.39 is 12.1 Å². The molecule has 17 heavy (non-hydrogen) atoms. The molecule has 0 aromatic heterocycles. The maximum Gasteiger partial charge on any atom is 0.407 e. The van der Waals surface area contributed by atoms with Gasteiger partial charge in [0.05, 0.1) is 19.0 Å². The number of ketones is 1. The summed E-state index contributed by atoms with van der Waals surface area (Å²) in [5.41, 5.74) is 0.951. The number of ether oxygens (including phenoxy) is 1. The number of halogens is 1. The summed E-state index contributed by atoms with van der Waals surface area (Å²) < 4.78 is 4.47. The lowest BCUT2D eigenvalue weighted by molar-refractivity contribution is -0.118. The number of amides is 1. The predicted octanol–water partition coefficient (Wildman–Crippen LogP) is 1.76. The Morgan fingerprint density at radius 2 is 2.00 bits per heavy atom. The topological polar surface area (TPSA) is 55.4 Å². The van der Waals surface area contributed by atoms with Crippen molar-refractivity contribution < 1.29 is 14.3 Å². The van der Waals surface area contributed by atoms with Gasteiger partial charge in [0, 0.05) is 0 Å². The van der Waals surface area contributed by atoms with E-state index in [1.54, 1.807) is 0 Å². The Morgan fingerprint density at radius 1 is 1.35 bits per heavy atom. The maximum atomic E-state index is 11.6. The summed E-state index contributed by atoms with van der Waals surface area (Å²) in [6.45, 7) is 0. The van der Waals surface area contributed by atoms with Crippen molar-refractivity contribution in [2.45, 2.75) is 12.5 Å². The fourth-order valence-corrected chi connectivity index (χ4v) is 1.58. The molecule has 5 heteroatoms. The van der Waals surface area contributed by atoms with Crippen molar-refractivity contribution in [3.63, 3.8) is 0 Å². The van der Waals surface area contributed by atoms with Crippen LogP contribution in [0.25, 0.3) is 0 Å². The van der Waals surface area contributed by atoms with Crippen molar-refractivity contribution in [2.75, 3.05) is 13.0 Å². The van der Waals surface area contributed by atoms with Gasteiger partial charge in [-0.2, -0.15) is 0 Å². The van der Waals surface area contributed by atoms with Crippen LogP contribution in [0.1, 0.15) is 5.56 Å². The smallest absolute Gasteiger partial charge is 0.407 e. The van der Waals surface area contributed by atoms with Crippen molar-refractivity contribution in [2.24, 2.45) is 0 Å². The highest BCUT2D eigenvalue weighted by Crippen LogP contribution is 2.05. The van der Waals surface area contributed by atoms with Gasteiger partial charge >= 0.3 is 6.09 Å². The van der Waals surface area contributed by atoms with E-state index in [2.05, 4.69) is 10.1 Å². The Balaban J connectivity index is 2.70. The lowest BCUT2D eigenvalue weighted by Gasteiger charge is -2.15. The number of carbonyl (C=O) groups excluding carboxylic acids is 2. The van der Waals surface area contributed by atoms with Crippen LogP contribution in [0.3, 0.4) is 0 Å². The summed E-state index contributed by atoms with van der Waals surface area (Å²) >= 11 is 5.50. The number of rotatable bonds is 5. The highest BCUT2D eigenvalue weighted by atomic mass is 35.5. The molecule has 4 nitrogen and oxygen atoms in total. The molecular weight excluding hydrogens is 242 g/mol. The number of carbonyl (C=O) groups is 2. The zero-order valence-electron chi connectivity index (χ0n) is 9.48. The van der Waals surface area contributed by atoms with E-state index in [1.807, 2.05) is 30.3 Å². The Kier molecular flexibility index (Phi) is 5.49. The van der Waals surface area contributed by atoms with Gasteiger partial charge in [0.1, 0.15) is 0 Å². The average molecular weight is 256 g/mol. The average Bonchev–Trinajstić information content (AvgIpc) is 2.38. The summed E-state index contributed by atoms with van der Waals surface area (Å²) in [6.07, 6.45) is -0.231. The number of methoxy groups -OCH3 is 1. The van der Waals surface area contributed by atoms with Gasteiger partial charge in [-0.3, -0.25) is 4.79 Å². The van der Waals surface area contributed by atoms with E-state index in [1.165, 1.54) is 7.11 Å². The molecule has 0 aliphatic heterocycles. The zero-order chi connectivity index (χ0) is 12.7. The molecule has 0 saturated carbocycles.